The molecule has 0 unspecified atom stereocenters. The van der Waals surface area contributed by atoms with Crippen molar-refractivity contribution in [1.82, 2.24) is 4.98 Å². The van der Waals surface area contributed by atoms with Gasteiger partial charge in [0.2, 0.25) is 0 Å². The van der Waals surface area contributed by atoms with Gasteiger partial charge in [-0.05, 0) is 18.6 Å². The average Bonchev–Trinajstić information content (AvgIpc) is 2.35. The Labute approximate surface area is 95.5 Å². The molecule has 0 aliphatic heterocycles. The van der Waals surface area contributed by atoms with Crippen LogP contribution in [-0.4, -0.2) is 18.6 Å². The zero-order valence-electron chi connectivity index (χ0n) is 9.66. The van der Waals surface area contributed by atoms with E-state index in [9.17, 15) is 0 Å². The Kier molecular flexibility index (Phi) is 3.25. The fourth-order valence-electron chi connectivity index (χ4n) is 1.70. The molecule has 0 saturated heterocycles. The average molecular weight is 216 g/mol. The molecule has 1 N–H and O–H groups in total. The van der Waals surface area contributed by atoms with E-state index in [1.54, 1.807) is 6.20 Å². The molecule has 16 heavy (non-hydrogen) atoms. The summed E-state index contributed by atoms with van der Waals surface area (Å²) in [6, 6.07) is 7.97. The molecule has 0 atom stereocenters. The maximum absolute atomic E-state index is 5.68. The molecule has 2 aromatic rings. The van der Waals surface area contributed by atoms with Gasteiger partial charge in [-0.1, -0.05) is 19.1 Å². The van der Waals surface area contributed by atoms with Gasteiger partial charge in [0.1, 0.15) is 11.3 Å². The maximum Gasteiger partial charge on any atom is 0.145 e. The first-order valence-electron chi connectivity index (χ1n) is 5.55. The van der Waals surface area contributed by atoms with E-state index in [4.69, 9.17) is 4.74 Å². The van der Waals surface area contributed by atoms with Gasteiger partial charge >= 0.3 is 0 Å². The van der Waals surface area contributed by atoms with Crippen molar-refractivity contribution in [2.75, 3.05) is 19.0 Å². The van der Waals surface area contributed by atoms with E-state index in [1.165, 1.54) is 0 Å². The molecule has 2 rings (SSSR count). The van der Waals surface area contributed by atoms with Crippen molar-refractivity contribution in [2.45, 2.75) is 13.3 Å². The van der Waals surface area contributed by atoms with Crippen molar-refractivity contribution in [3.63, 3.8) is 0 Å². The molecule has 3 nitrogen and oxygen atoms in total. The van der Waals surface area contributed by atoms with Crippen LogP contribution in [0.4, 0.5) is 5.69 Å². The largest absolute Gasteiger partial charge is 0.491 e. The summed E-state index contributed by atoms with van der Waals surface area (Å²) < 4.78 is 5.68. The number of ether oxygens (including phenoxy) is 1. The summed E-state index contributed by atoms with van der Waals surface area (Å²) in [5.41, 5.74) is 2.00. The van der Waals surface area contributed by atoms with Gasteiger partial charge in [-0.25, -0.2) is 0 Å². The number of nitrogens with zero attached hydrogens (tertiary/aromatic N) is 1. The molecule has 0 fully saturated rings. The summed E-state index contributed by atoms with van der Waals surface area (Å²) in [7, 11) is 1.91. The van der Waals surface area contributed by atoms with Crippen LogP contribution in [-0.2, 0) is 0 Å². The summed E-state index contributed by atoms with van der Waals surface area (Å²) in [5.74, 6) is 0.858. The Balaban J connectivity index is 2.51. The fourth-order valence-corrected chi connectivity index (χ4v) is 1.70. The minimum atomic E-state index is 0.727. The molecule has 0 bridgehead atoms. The highest BCUT2D eigenvalue weighted by molar-refractivity contribution is 5.94. The Morgan fingerprint density at radius 2 is 2.19 bits per heavy atom. The summed E-state index contributed by atoms with van der Waals surface area (Å²) in [6.07, 6.45) is 2.80. The van der Waals surface area contributed by atoms with E-state index in [0.717, 1.165) is 35.4 Å². The molecular weight excluding hydrogens is 200 g/mol. The third kappa shape index (κ3) is 1.94. The van der Waals surface area contributed by atoms with Crippen LogP contribution >= 0.6 is 0 Å². The summed E-state index contributed by atoms with van der Waals surface area (Å²) in [4.78, 5) is 4.38. The number of hydrogen-bond donors (Lipinski definition) is 1. The summed E-state index contributed by atoms with van der Waals surface area (Å²) in [5, 5.41) is 4.25. The van der Waals surface area contributed by atoms with Crippen LogP contribution in [0.3, 0.4) is 0 Å². The van der Waals surface area contributed by atoms with Gasteiger partial charge < -0.3 is 10.1 Å². The van der Waals surface area contributed by atoms with Gasteiger partial charge in [-0.2, -0.15) is 0 Å². The Hall–Kier alpha value is -1.77. The summed E-state index contributed by atoms with van der Waals surface area (Å²) in [6.45, 7) is 2.82. The third-order valence-electron chi connectivity index (χ3n) is 2.47. The highest BCUT2D eigenvalue weighted by Gasteiger charge is 2.05. The van der Waals surface area contributed by atoms with Crippen LogP contribution < -0.4 is 10.1 Å². The lowest BCUT2D eigenvalue weighted by Gasteiger charge is -2.09. The number of aromatic nitrogens is 1. The predicted octanol–water partition coefficient (Wildman–Crippen LogP) is 3.07. The number of hydrogen-bond acceptors (Lipinski definition) is 3. The van der Waals surface area contributed by atoms with E-state index in [2.05, 4.69) is 17.2 Å². The molecule has 3 heteroatoms. The number of fused-ring (bicyclic) bond motifs is 1. The quantitative estimate of drug-likeness (QED) is 0.852. The maximum atomic E-state index is 5.68. The topological polar surface area (TPSA) is 34.1 Å². The van der Waals surface area contributed by atoms with Gasteiger partial charge in [0.25, 0.3) is 0 Å². The SMILES string of the molecule is CCCOc1cccc2c(NC)ccnc12. The standard InChI is InChI=1S/C13H16N2O/c1-3-9-16-12-6-4-5-10-11(14-2)7-8-15-13(10)12/h4-8H,3,9H2,1-2H3,(H,14,15). The number of benzene rings is 1. The molecule has 0 aliphatic rings. The van der Waals surface area contributed by atoms with Gasteiger partial charge in [-0.15, -0.1) is 0 Å². The number of anilines is 1. The Morgan fingerprint density at radius 1 is 1.31 bits per heavy atom. The third-order valence-corrected chi connectivity index (χ3v) is 2.47. The van der Waals surface area contributed by atoms with Crippen LogP contribution in [0.25, 0.3) is 10.9 Å². The summed E-state index contributed by atoms with van der Waals surface area (Å²) >= 11 is 0. The van der Waals surface area contributed by atoms with Crippen molar-refractivity contribution in [3.8, 4) is 5.75 Å². The van der Waals surface area contributed by atoms with Crippen LogP contribution in [0.2, 0.25) is 0 Å². The minimum absolute atomic E-state index is 0.727. The van der Waals surface area contributed by atoms with Crippen molar-refractivity contribution >= 4 is 16.6 Å². The highest BCUT2D eigenvalue weighted by Crippen LogP contribution is 2.28. The molecule has 84 valence electrons. The van der Waals surface area contributed by atoms with Gasteiger partial charge in [0, 0.05) is 24.3 Å². The highest BCUT2D eigenvalue weighted by atomic mass is 16.5. The number of pyridine rings is 1. The molecule has 1 aromatic heterocycles. The van der Waals surface area contributed by atoms with E-state index in [-0.39, 0.29) is 0 Å². The molecule has 0 amide bonds. The molecule has 0 aliphatic carbocycles. The first-order valence-corrected chi connectivity index (χ1v) is 5.55. The molecule has 1 heterocycles. The Bertz CT molecular complexity index is 482. The normalized spacial score (nSPS) is 10.4. The van der Waals surface area contributed by atoms with E-state index >= 15 is 0 Å². The second-order valence-electron chi connectivity index (χ2n) is 3.61. The van der Waals surface area contributed by atoms with Crippen LogP contribution in [0.15, 0.2) is 30.5 Å². The second kappa shape index (κ2) is 4.84. The van der Waals surface area contributed by atoms with Gasteiger partial charge in [0.15, 0.2) is 0 Å². The monoisotopic (exact) mass is 216 g/mol. The molecule has 0 spiro atoms. The smallest absolute Gasteiger partial charge is 0.145 e. The number of rotatable bonds is 4. The van der Waals surface area contributed by atoms with Gasteiger partial charge in [0.05, 0.1) is 6.61 Å². The molecular formula is C13H16N2O. The molecule has 0 saturated carbocycles. The Morgan fingerprint density at radius 3 is 2.94 bits per heavy atom. The fraction of sp³-hybridized carbons (Fsp3) is 0.308. The van der Waals surface area contributed by atoms with Crippen molar-refractivity contribution in [3.05, 3.63) is 30.5 Å². The number of nitrogens with one attached hydrogen (secondary N) is 1. The predicted molar refractivity (Wildman–Crippen MR) is 67.1 cm³/mol. The number of para-hydroxylation sites is 1. The van der Waals surface area contributed by atoms with E-state index in [1.807, 2.05) is 31.3 Å². The van der Waals surface area contributed by atoms with Crippen molar-refractivity contribution in [2.24, 2.45) is 0 Å². The van der Waals surface area contributed by atoms with E-state index in [0.29, 0.717) is 0 Å². The van der Waals surface area contributed by atoms with Crippen LogP contribution in [0.5, 0.6) is 5.75 Å². The first kappa shape index (κ1) is 10.7. The zero-order chi connectivity index (χ0) is 11.4. The lowest BCUT2D eigenvalue weighted by atomic mass is 10.2. The first-order chi connectivity index (χ1) is 7.86. The second-order valence-corrected chi connectivity index (χ2v) is 3.61. The zero-order valence-corrected chi connectivity index (χ0v) is 9.66. The minimum Gasteiger partial charge on any atom is -0.491 e. The molecule has 1 aromatic carbocycles. The lowest BCUT2D eigenvalue weighted by molar-refractivity contribution is 0.320. The van der Waals surface area contributed by atoms with Gasteiger partial charge in [-0.3, -0.25) is 4.98 Å². The molecule has 0 radical (unpaired) electrons. The van der Waals surface area contributed by atoms with E-state index < -0.39 is 0 Å². The van der Waals surface area contributed by atoms with Crippen LogP contribution in [0, 0.1) is 0 Å². The lowest BCUT2D eigenvalue weighted by Crippen LogP contribution is -1.97. The van der Waals surface area contributed by atoms with Crippen LogP contribution in [0.1, 0.15) is 13.3 Å². The van der Waals surface area contributed by atoms with Crippen molar-refractivity contribution < 1.29 is 4.74 Å². The van der Waals surface area contributed by atoms with Crippen molar-refractivity contribution in [1.29, 1.82) is 0 Å².